The van der Waals surface area contributed by atoms with Crippen LogP contribution in [0.2, 0.25) is 0 Å². The van der Waals surface area contributed by atoms with Crippen LogP contribution in [0.1, 0.15) is 13.8 Å². The minimum absolute atomic E-state index is 0.493. The number of nitrogens with one attached hydrogen (secondary N) is 2. The molecule has 1 heterocycles. The van der Waals surface area contributed by atoms with E-state index < -0.39 is 0 Å². The molecule has 3 heteroatoms. The summed E-state index contributed by atoms with van der Waals surface area (Å²) in [6.45, 7) is 5.45. The van der Waals surface area contributed by atoms with Crippen LogP contribution in [0.25, 0.3) is 0 Å². The zero-order chi connectivity index (χ0) is 10.8. The lowest BCUT2D eigenvalue weighted by atomic mass is 10.0. The largest absolute Gasteiger partial charge is 0.497 e. The summed E-state index contributed by atoms with van der Waals surface area (Å²) >= 11 is 0. The van der Waals surface area contributed by atoms with E-state index in [4.69, 9.17) is 4.74 Å². The standard InChI is InChI=1S/C12H18N2O/c1-8-7-13-12-6-10(15-3)4-5-11(12)14-9(8)2/h4-6,8-9,13-14H,7H2,1-3H3. The molecule has 0 saturated heterocycles. The molecular weight excluding hydrogens is 188 g/mol. The second kappa shape index (κ2) is 4.01. The molecule has 0 saturated carbocycles. The summed E-state index contributed by atoms with van der Waals surface area (Å²) < 4.78 is 5.21. The van der Waals surface area contributed by atoms with E-state index in [1.54, 1.807) is 7.11 Å². The molecule has 2 atom stereocenters. The smallest absolute Gasteiger partial charge is 0.121 e. The Morgan fingerprint density at radius 2 is 2.07 bits per heavy atom. The highest BCUT2D eigenvalue weighted by molar-refractivity contribution is 5.71. The summed E-state index contributed by atoms with van der Waals surface area (Å²) in [7, 11) is 1.69. The van der Waals surface area contributed by atoms with Crippen molar-refractivity contribution in [3.63, 3.8) is 0 Å². The summed E-state index contributed by atoms with van der Waals surface area (Å²) in [5.74, 6) is 1.51. The number of methoxy groups -OCH3 is 1. The Balaban J connectivity index is 2.30. The van der Waals surface area contributed by atoms with Crippen LogP contribution in [0.15, 0.2) is 18.2 Å². The fourth-order valence-electron chi connectivity index (χ4n) is 1.76. The van der Waals surface area contributed by atoms with Crippen molar-refractivity contribution in [2.24, 2.45) is 5.92 Å². The van der Waals surface area contributed by atoms with Crippen LogP contribution in [0.4, 0.5) is 11.4 Å². The quantitative estimate of drug-likeness (QED) is 0.741. The van der Waals surface area contributed by atoms with Gasteiger partial charge in [-0.15, -0.1) is 0 Å². The second-order valence-corrected chi connectivity index (χ2v) is 4.20. The number of benzene rings is 1. The van der Waals surface area contributed by atoms with Gasteiger partial charge in [0, 0.05) is 18.7 Å². The maximum Gasteiger partial charge on any atom is 0.121 e. The second-order valence-electron chi connectivity index (χ2n) is 4.20. The molecule has 1 aliphatic heterocycles. The highest BCUT2D eigenvalue weighted by Gasteiger charge is 2.18. The van der Waals surface area contributed by atoms with Crippen LogP contribution >= 0.6 is 0 Å². The fourth-order valence-corrected chi connectivity index (χ4v) is 1.76. The van der Waals surface area contributed by atoms with Crippen LogP contribution in [0.3, 0.4) is 0 Å². The van der Waals surface area contributed by atoms with Gasteiger partial charge in [-0.3, -0.25) is 0 Å². The molecule has 1 aromatic rings. The summed E-state index contributed by atoms with van der Waals surface area (Å²) in [5.41, 5.74) is 2.29. The maximum absolute atomic E-state index is 5.21. The van der Waals surface area contributed by atoms with E-state index in [0.717, 1.165) is 23.7 Å². The zero-order valence-corrected chi connectivity index (χ0v) is 9.50. The fraction of sp³-hybridized carbons (Fsp3) is 0.500. The van der Waals surface area contributed by atoms with Gasteiger partial charge in [0.25, 0.3) is 0 Å². The molecule has 1 aromatic carbocycles. The van der Waals surface area contributed by atoms with Crippen molar-refractivity contribution in [2.45, 2.75) is 19.9 Å². The van der Waals surface area contributed by atoms with E-state index >= 15 is 0 Å². The Hall–Kier alpha value is -1.38. The number of hydrogen-bond acceptors (Lipinski definition) is 3. The van der Waals surface area contributed by atoms with Gasteiger partial charge in [-0.1, -0.05) is 6.92 Å². The predicted octanol–water partition coefficient (Wildman–Crippen LogP) is 2.56. The first-order chi connectivity index (χ1) is 7.20. The number of rotatable bonds is 1. The SMILES string of the molecule is COc1ccc2c(c1)NCC(C)C(C)N2. The van der Waals surface area contributed by atoms with Crippen molar-refractivity contribution in [2.75, 3.05) is 24.3 Å². The average Bonchev–Trinajstić information content (AvgIpc) is 2.39. The van der Waals surface area contributed by atoms with Gasteiger partial charge in [0.15, 0.2) is 0 Å². The van der Waals surface area contributed by atoms with E-state index in [9.17, 15) is 0 Å². The molecule has 1 aliphatic rings. The molecule has 0 fully saturated rings. The van der Waals surface area contributed by atoms with E-state index in [1.807, 2.05) is 12.1 Å². The van der Waals surface area contributed by atoms with Crippen LogP contribution in [-0.4, -0.2) is 19.7 Å². The minimum Gasteiger partial charge on any atom is -0.497 e. The number of anilines is 2. The summed E-state index contributed by atoms with van der Waals surface area (Å²) in [4.78, 5) is 0. The van der Waals surface area contributed by atoms with Crippen LogP contribution < -0.4 is 15.4 Å². The number of fused-ring (bicyclic) bond motifs is 1. The van der Waals surface area contributed by atoms with Crippen molar-refractivity contribution < 1.29 is 4.74 Å². The van der Waals surface area contributed by atoms with Gasteiger partial charge in [-0.05, 0) is 25.0 Å². The third-order valence-corrected chi connectivity index (χ3v) is 3.08. The average molecular weight is 206 g/mol. The van der Waals surface area contributed by atoms with Crippen molar-refractivity contribution in [3.05, 3.63) is 18.2 Å². The highest BCUT2D eigenvalue weighted by Crippen LogP contribution is 2.30. The monoisotopic (exact) mass is 206 g/mol. The highest BCUT2D eigenvalue weighted by atomic mass is 16.5. The number of ether oxygens (including phenoxy) is 1. The van der Waals surface area contributed by atoms with Gasteiger partial charge >= 0.3 is 0 Å². The molecule has 15 heavy (non-hydrogen) atoms. The van der Waals surface area contributed by atoms with E-state index in [2.05, 4.69) is 30.5 Å². The molecule has 0 aromatic heterocycles. The summed E-state index contributed by atoms with van der Waals surface area (Å²) in [6.07, 6.45) is 0. The maximum atomic E-state index is 5.21. The Labute approximate surface area is 90.8 Å². The van der Waals surface area contributed by atoms with Gasteiger partial charge in [0.05, 0.1) is 18.5 Å². The van der Waals surface area contributed by atoms with E-state index in [-0.39, 0.29) is 0 Å². The summed E-state index contributed by atoms with van der Waals surface area (Å²) in [6, 6.07) is 6.58. The van der Waals surface area contributed by atoms with Crippen LogP contribution in [0.5, 0.6) is 5.75 Å². The molecule has 3 nitrogen and oxygen atoms in total. The molecule has 2 unspecified atom stereocenters. The first kappa shape index (κ1) is 10.1. The molecule has 0 bridgehead atoms. The van der Waals surface area contributed by atoms with Crippen molar-refractivity contribution in [1.29, 1.82) is 0 Å². The van der Waals surface area contributed by atoms with Gasteiger partial charge in [0.1, 0.15) is 5.75 Å². The van der Waals surface area contributed by atoms with Gasteiger partial charge in [-0.25, -0.2) is 0 Å². The molecule has 0 radical (unpaired) electrons. The lowest BCUT2D eigenvalue weighted by Gasteiger charge is -2.17. The molecule has 0 aliphatic carbocycles. The lowest BCUT2D eigenvalue weighted by molar-refractivity contribution is 0.415. The van der Waals surface area contributed by atoms with E-state index in [0.29, 0.717) is 12.0 Å². The Kier molecular flexibility index (Phi) is 2.71. The van der Waals surface area contributed by atoms with Crippen molar-refractivity contribution >= 4 is 11.4 Å². The molecule has 0 amide bonds. The third-order valence-electron chi connectivity index (χ3n) is 3.08. The normalized spacial score (nSPS) is 24.5. The molecule has 0 spiro atoms. The Morgan fingerprint density at radius 1 is 1.27 bits per heavy atom. The topological polar surface area (TPSA) is 33.3 Å². The van der Waals surface area contributed by atoms with Gasteiger partial charge < -0.3 is 15.4 Å². The van der Waals surface area contributed by atoms with Gasteiger partial charge in [0.2, 0.25) is 0 Å². The molecule has 2 rings (SSSR count). The first-order valence-electron chi connectivity index (χ1n) is 5.39. The minimum atomic E-state index is 0.493. The van der Waals surface area contributed by atoms with Crippen LogP contribution in [0, 0.1) is 5.92 Å². The first-order valence-corrected chi connectivity index (χ1v) is 5.39. The predicted molar refractivity (Wildman–Crippen MR) is 63.7 cm³/mol. The van der Waals surface area contributed by atoms with Crippen molar-refractivity contribution in [3.8, 4) is 5.75 Å². The Morgan fingerprint density at radius 3 is 2.80 bits per heavy atom. The molecule has 82 valence electrons. The zero-order valence-electron chi connectivity index (χ0n) is 9.50. The van der Waals surface area contributed by atoms with Crippen LogP contribution in [-0.2, 0) is 0 Å². The molecular formula is C12H18N2O. The molecule has 2 N–H and O–H groups in total. The summed E-state index contributed by atoms with van der Waals surface area (Å²) in [5, 5.41) is 6.94. The van der Waals surface area contributed by atoms with Crippen molar-refractivity contribution in [1.82, 2.24) is 0 Å². The van der Waals surface area contributed by atoms with Gasteiger partial charge in [-0.2, -0.15) is 0 Å². The number of hydrogen-bond donors (Lipinski definition) is 2. The Bertz CT molecular complexity index is 351. The third kappa shape index (κ3) is 2.01. The lowest BCUT2D eigenvalue weighted by Crippen LogP contribution is -2.25. The van der Waals surface area contributed by atoms with E-state index in [1.165, 1.54) is 0 Å².